The summed E-state index contributed by atoms with van der Waals surface area (Å²) < 4.78 is 0. The molecule has 0 saturated heterocycles. The Morgan fingerprint density at radius 1 is 0.923 bits per heavy atom. The lowest BCUT2D eigenvalue weighted by Gasteiger charge is -2.28. The Balaban J connectivity index is 1.50. The number of nitrogens with one attached hydrogen (secondary N) is 2. The first-order valence-electron chi connectivity index (χ1n) is 9.64. The number of fused-ring (bicyclic) bond motifs is 4. The number of H-pyrrole nitrogens is 1. The summed E-state index contributed by atoms with van der Waals surface area (Å²) in [6.07, 6.45) is 3.61. The Bertz CT molecular complexity index is 1070. The van der Waals surface area contributed by atoms with Crippen LogP contribution in [0.25, 0.3) is 21.7 Å². The third-order valence-electron chi connectivity index (χ3n) is 5.86. The van der Waals surface area contributed by atoms with Gasteiger partial charge in [0.05, 0.1) is 0 Å². The van der Waals surface area contributed by atoms with E-state index in [-0.39, 0.29) is 0 Å². The minimum atomic E-state index is 0.309. The van der Waals surface area contributed by atoms with Gasteiger partial charge in [-0.1, -0.05) is 60.7 Å². The molecule has 3 aromatic carbocycles. The zero-order valence-electron chi connectivity index (χ0n) is 15.1. The van der Waals surface area contributed by atoms with Gasteiger partial charge < -0.3 is 10.3 Å². The summed E-state index contributed by atoms with van der Waals surface area (Å²) in [6.45, 7) is 2.29. The Morgan fingerprint density at radius 2 is 1.69 bits per heavy atom. The highest BCUT2D eigenvalue weighted by Crippen LogP contribution is 2.36. The van der Waals surface area contributed by atoms with Gasteiger partial charge in [0.25, 0.3) is 0 Å². The number of aromatic amines is 1. The van der Waals surface area contributed by atoms with Crippen molar-refractivity contribution in [3.8, 4) is 0 Å². The molecule has 2 nitrogen and oxygen atoms in total. The average molecular weight is 340 g/mol. The minimum absolute atomic E-state index is 0.309. The molecule has 5 rings (SSSR count). The predicted molar refractivity (Wildman–Crippen MR) is 109 cm³/mol. The van der Waals surface area contributed by atoms with Gasteiger partial charge in [-0.25, -0.2) is 0 Å². The average Bonchev–Trinajstić information content (AvgIpc) is 3.07. The number of benzene rings is 3. The zero-order chi connectivity index (χ0) is 17.5. The molecule has 0 fully saturated rings. The lowest BCUT2D eigenvalue weighted by atomic mass is 9.90. The van der Waals surface area contributed by atoms with Crippen LogP contribution in [0, 0.1) is 0 Å². The second-order valence-corrected chi connectivity index (χ2v) is 7.46. The molecule has 130 valence electrons. The summed E-state index contributed by atoms with van der Waals surface area (Å²) in [5.41, 5.74) is 5.55. The lowest BCUT2D eigenvalue weighted by molar-refractivity contribution is 0.411. The highest BCUT2D eigenvalue weighted by atomic mass is 15.0. The molecular formula is C24H24N2. The van der Waals surface area contributed by atoms with Crippen molar-refractivity contribution in [2.24, 2.45) is 0 Å². The molecular weight excluding hydrogens is 316 g/mol. The lowest BCUT2D eigenvalue weighted by Crippen LogP contribution is -2.28. The Kier molecular flexibility index (Phi) is 3.79. The van der Waals surface area contributed by atoms with Crippen LogP contribution in [0.2, 0.25) is 0 Å². The largest absolute Gasteiger partial charge is 0.357 e. The fourth-order valence-electron chi connectivity index (χ4n) is 4.60. The SMILES string of the molecule is C[C@@H](NC1CCCc2c1[nH]c1ccccc21)c1cccc2ccccc12. The van der Waals surface area contributed by atoms with Gasteiger partial charge >= 0.3 is 0 Å². The molecule has 0 amide bonds. The van der Waals surface area contributed by atoms with E-state index in [0.717, 1.165) is 0 Å². The minimum Gasteiger partial charge on any atom is -0.357 e. The van der Waals surface area contributed by atoms with Crippen LogP contribution in [-0.2, 0) is 6.42 Å². The van der Waals surface area contributed by atoms with Crippen LogP contribution in [0.4, 0.5) is 0 Å². The molecule has 1 aromatic heterocycles. The molecule has 2 heteroatoms. The highest BCUT2D eigenvalue weighted by Gasteiger charge is 2.25. The van der Waals surface area contributed by atoms with Gasteiger partial charge in [0, 0.05) is 28.7 Å². The van der Waals surface area contributed by atoms with Crippen LogP contribution in [-0.4, -0.2) is 4.98 Å². The van der Waals surface area contributed by atoms with Crippen molar-refractivity contribution >= 4 is 21.7 Å². The molecule has 0 spiro atoms. The van der Waals surface area contributed by atoms with Crippen LogP contribution < -0.4 is 5.32 Å². The van der Waals surface area contributed by atoms with Gasteiger partial charge in [-0.3, -0.25) is 0 Å². The monoisotopic (exact) mass is 340 g/mol. The molecule has 2 atom stereocenters. The molecule has 26 heavy (non-hydrogen) atoms. The van der Waals surface area contributed by atoms with Crippen LogP contribution in [0.1, 0.15) is 48.7 Å². The summed E-state index contributed by atoms with van der Waals surface area (Å²) in [5, 5.41) is 7.97. The van der Waals surface area contributed by atoms with Gasteiger partial charge in [-0.05, 0) is 54.2 Å². The van der Waals surface area contributed by atoms with E-state index in [9.17, 15) is 0 Å². The highest BCUT2D eigenvalue weighted by molar-refractivity contribution is 5.86. The maximum Gasteiger partial charge on any atom is 0.0480 e. The first kappa shape index (κ1) is 15.7. The molecule has 1 aliphatic rings. The number of para-hydroxylation sites is 1. The topological polar surface area (TPSA) is 27.8 Å². The maximum atomic E-state index is 3.91. The Hall–Kier alpha value is -2.58. The molecule has 1 unspecified atom stereocenters. The van der Waals surface area contributed by atoms with Crippen molar-refractivity contribution < 1.29 is 0 Å². The maximum absolute atomic E-state index is 3.91. The first-order chi connectivity index (χ1) is 12.8. The quantitative estimate of drug-likeness (QED) is 0.467. The van der Waals surface area contributed by atoms with Crippen molar-refractivity contribution in [1.82, 2.24) is 10.3 Å². The molecule has 1 aliphatic carbocycles. The second-order valence-electron chi connectivity index (χ2n) is 7.46. The van der Waals surface area contributed by atoms with Crippen LogP contribution in [0.15, 0.2) is 66.7 Å². The summed E-state index contributed by atoms with van der Waals surface area (Å²) in [5.74, 6) is 0. The molecule has 0 saturated carbocycles. The Labute approximate surface area is 154 Å². The van der Waals surface area contributed by atoms with Crippen LogP contribution in [0.5, 0.6) is 0 Å². The van der Waals surface area contributed by atoms with E-state index < -0.39 is 0 Å². The number of aryl methyl sites for hydroxylation is 1. The number of hydrogen-bond donors (Lipinski definition) is 2. The molecule has 0 radical (unpaired) electrons. The van der Waals surface area contributed by atoms with Gasteiger partial charge in [-0.2, -0.15) is 0 Å². The van der Waals surface area contributed by atoms with E-state index in [1.165, 1.54) is 57.8 Å². The number of aromatic nitrogens is 1. The molecule has 0 bridgehead atoms. The van der Waals surface area contributed by atoms with Crippen molar-refractivity contribution in [2.45, 2.75) is 38.3 Å². The van der Waals surface area contributed by atoms with E-state index in [4.69, 9.17) is 0 Å². The van der Waals surface area contributed by atoms with Crippen LogP contribution in [0.3, 0.4) is 0 Å². The molecule has 0 aliphatic heterocycles. The summed E-state index contributed by atoms with van der Waals surface area (Å²) in [6, 6.07) is 24.7. The standard InChI is InChI=1S/C24H24N2/c1-16(18-12-6-9-17-8-2-3-10-19(17)18)25-23-15-7-13-21-20-11-4-5-14-22(20)26-24(21)23/h2-6,8-12,14,16,23,25-26H,7,13,15H2,1H3/t16-,23?/m1/s1. The van der Waals surface area contributed by atoms with Gasteiger partial charge in [0.1, 0.15) is 0 Å². The Morgan fingerprint density at radius 3 is 2.62 bits per heavy atom. The fraction of sp³-hybridized carbons (Fsp3) is 0.250. The molecule has 4 aromatic rings. The predicted octanol–water partition coefficient (Wildman–Crippen LogP) is 6.05. The molecule has 2 N–H and O–H groups in total. The van der Waals surface area contributed by atoms with E-state index in [2.05, 4.69) is 84.0 Å². The molecule has 1 heterocycles. The third-order valence-corrected chi connectivity index (χ3v) is 5.86. The van der Waals surface area contributed by atoms with Crippen molar-refractivity contribution in [3.05, 3.63) is 83.6 Å². The summed E-state index contributed by atoms with van der Waals surface area (Å²) in [7, 11) is 0. The second kappa shape index (κ2) is 6.30. The number of hydrogen-bond acceptors (Lipinski definition) is 1. The summed E-state index contributed by atoms with van der Waals surface area (Å²) in [4.78, 5) is 3.70. The van der Waals surface area contributed by atoms with Crippen molar-refractivity contribution in [3.63, 3.8) is 0 Å². The third kappa shape index (κ3) is 2.53. The first-order valence-corrected chi connectivity index (χ1v) is 9.64. The smallest absolute Gasteiger partial charge is 0.0480 e. The van der Waals surface area contributed by atoms with E-state index >= 15 is 0 Å². The van der Waals surface area contributed by atoms with Crippen molar-refractivity contribution in [2.75, 3.05) is 0 Å². The fourth-order valence-corrected chi connectivity index (χ4v) is 4.60. The van der Waals surface area contributed by atoms with E-state index in [1.807, 2.05) is 0 Å². The van der Waals surface area contributed by atoms with Crippen LogP contribution >= 0.6 is 0 Å². The van der Waals surface area contributed by atoms with Gasteiger partial charge in [0.2, 0.25) is 0 Å². The van der Waals surface area contributed by atoms with E-state index in [1.54, 1.807) is 0 Å². The van der Waals surface area contributed by atoms with E-state index in [0.29, 0.717) is 12.1 Å². The zero-order valence-corrected chi connectivity index (χ0v) is 15.1. The summed E-state index contributed by atoms with van der Waals surface area (Å²) >= 11 is 0. The van der Waals surface area contributed by atoms with Crippen molar-refractivity contribution in [1.29, 1.82) is 0 Å². The van der Waals surface area contributed by atoms with Gasteiger partial charge in [-0.15, -0.1) is 0 Å². The normalized spacial score (nSPS) is 18.1. The number of rotatable bonds is 3. The van der Waals surface area contributed by atoms with Gasteiger partial charge in [0.15, 0.2) is 0 Å².